The van der Waals surface area contributed by atoms with E-state index in [2.05, 4.69) is 126 Å². The molecule has 0 saturated carbocycles. The maximum absolute atomic E-state index is 6.18. The molecule has 220 valence electrons. The summed E-state index contributed by atoms with van der Waals surface area (Å²) in [5.74, 6) is 1.47. The molecule has 0 radical (unpaired) electrons. The minimum absolute atomic E-state index is 0.265. The van der Waals surface area contributed by atoms with Crippen molar-refractivity contribution in [3.63, 3.8) is 0 Å². The van der Waals surface area contributed by atoms with Crippen LogP contribution in [0.25, 0.3) is 51.3 Å². The van der Waals surface area contributed by atoms with Crippen molar-refractivity contribution < 1.29 is 4.42 Å². The van der Waals surface area contributed by atoms with E-state index in [9.17, 15) is 0 Å². The van der Waals surface area contributed by atoms with Crippen molar-refractivity contribution in [1.82, 2.24) is 9.55 Å². The highest BCUT2D eigenvalue weighted by molar-refractivity contribution is 5.98. The molecule has 0 N–H and O–H groups in total. The van der Waals surface area contributed by atoms with Crippen LogP contribution in [0.5, 0.6) is 0 Å². The molecule has 0 bridgehead atoms. The predicted molar refractivity (Wildman–Crippen MR) is 187 cm³/mol. The molecule has 0 fully saturated rings. The van der Waals surface area contributed by atoms with Crippen molar-refractivity contribution >= 4 is 39.8 Å². The Morgan fingerprint density at radius 3 is 2.67 bits per heavy atom. The molecule has 0 amide bonds. The topological polar surface area (TPSA) is 34.2 Å². The van der Waals surface area contributed by atoms with Crippen LogP contribution in [0.4, 0.5) is 5.69 Å². The first-order valence-electron chi connectivity index (χ1n) is 16.2. The third-order valence-electron chi connectivity index (χ3n) is 9.95. The normalized spacial score (nSPS) is 23.3. The summed E-state index contributed by atoms with van der Waals surface area (Å²) in [4.78, 5) is 7.51. The van der Waals surface area contributed by atoms with E-state index in [4.69, 9.17) is 9.40 Å². The third kappa shape index (κ3) is 4.31. The number of rotatable bonds is 3. The van der Waals surface area contributed by atoms with Crippen LogP contribution in [0.3, 0.4) is 0 Å². The number of oxazole rings is 1. The number of fused-ring (bicyclic) bond motifs is 6. The van der Waals surface area contributed by atoms with E-state index >= 15 is 0 Å². The lowest BCUT2D eigenvalue weighted by Crippen LogP contribution is -2.47. The highest BCUT2D eigenvalue weighted by Crippen LogP contribution is 2.43. The van der Waals surface area contributed by atoms with Gasteiger partial charge in [0, 0.05) is 39.5 Å². The lowest BCUT2D eigenvalue weighted by Gasteiger charge is -2.42. The standard InChI is InChI=1S/C41H35N3O/c1-27-12-3-2-4-18-35(27)44-36-19-8-5-13-28(36)22-23-29-25-39-33(26-38(29)44)32-16-6-9-20-37(32)43(39)31-15-11-14-30(24-31)41-42-34-17-7-10-21-40(34)45-41/h2-8,10-11,13-19,21-28,35-36H,9,12,20H2,1H3. The van der Waals surface area contributed by atoms with Crippen LogP contribution in [-0.4, -0.2) is 21.6 Å². The van der Waals surface area contributed by atoms with Gasteiger partial charge in [-0.05, 0) is 73.2 Å². The molecule has 4 aliphatic rings. The highest BCUT2D eigenvalue weighted by atomic mass is 16.3. The van der Waals surface area contributed by atoms with Gasteiger partial charge in [0.05, 0.1) is 17.6 Å². The molecule has 45 heavy (non-hydrogen) atoms. The number of nitrogens with zero attached hydrogens (tertiary/aromatic N) is 3. The molecule has 3 heterocycles. The summed E-state index contributed by atoms with van der Waals surface area (Å²) in [5, 5.41) is 1.31. The average Bonchev–Trinajstić information content (AvgIpc) is 3.52. The fourth-order valence-electron chi connectivity index (χ4n) is 7.74. The van der Waals surface area contributed by atoms with Gasteiger partial charge in [0.15, 0.2) is 5.58 Å². The molecule has 2 aromatic heterocycles. The summed E-state index contributed by atoms with van der Waals surface area (Å²) >= 11 is 0. The minimum Gasteiger partial charge on any atom is -0.436 e. The molecule has 3 aromatic carbocycles. The zero-order chi connectivity index (χ0) is 29.9. The fourth-order valence-corrected chi connectivity index (χ4v) is 7.74. The highest BCUT2D eigenvalue weighted by Gasteiger charge is 2.35. The quantitative estimate of drug-likeness (QED) is 0.211. The molecule has 4 nitrogen and oxygen atoms in total. The van der Waals surface area contributed by atoms with Gasteiger partial charge in [-0.15, -0.1) is 0 Å². The molecular weight excluding hydrogens is 550 g/mol. The second-order valence-electron chi connectivity index (χ2n) is 12.7. The first kappa shape index (κ1) is 26.3. The number of allylic oxidation sites excluding steroid dienone is 6. The number of para-hydroxylation sites is 2. The van der Waals surface area contributed by atoms with Gasteiger partial charge in [-0.3, -0.25) is 0 Å². The van der Waals surface area contributed by atoms with E-state index in [0.717, 1.165) is 41.6 Å². The average molecular weight is 586 g/mol. The summed E-state index contributed by atoms with van der Waals surface area (Å²) in [6, 6.07) is 22.1. The molecule has 4 atom stereocenters. The first-order chi connectivity index (χ1) is 22.2. The van der Waals surface area contributed by atoms with Crippen molar-refractivity contribution in [3.05, 3.63) is 138 Å². The van der Waals surface area contributed by atoms with Gasteiger partial charge in [0.1, 0.15) is 5.52 Å². The summed E-state index contributed by atoms with van der Waals surface area (Å²) < 4.78 is 8.66. The SMILES string of the molecule is CC1CC=CC=CC1N1c2cc3c4c(n(-c5cccc(-c6nc7ccccc7o6)c5)c3cc2C=CC2C=CC=CC21)CCC=C4. The fraction of sp³-hybridized carbons (Fsp3) is 0.195. The summed E-state index contributed by atoms with van der Waals surface area (Å²) in [6.07, 6.45) is 30.9. The Morgan fingerprint density at radius 1 is 0.822 bits per heavy atom. The van der Waals surface area contributed by atoms with Crippen LogP contribution in [0.15, 0.2) is 126 Å². The monoisotopic (exact) mass is 585 g/mol. The molecule has 4 unspecified atom stereocenters. The molecule has 9 rings (SSSR count). The first-order valence-corrected chi connectivity index (χ1v) is 16.2. The van der Waals surface area contributed by atoms with Crippen LogP contribution in [0.1, 0.15) is 36.6 Å². The molecule has 1 aliphatic heterocycles. The maximum atomic E-state index is 6.18. The zero-order valence-corrected chi connectivity index (χ0v) is 25.4. The Morgan fingerprint density at radius 2 is 1.71 bits per heavy atom. The second-order valence-corrected chi connectivity index (χ2v) is 12.7. The van der Waals surface area contributed by atoms with E-state index in [0.29, 0.717) is 23.8 Å². The van der Waals surface area contributed by atoms with Crippen LogP contribution in [0.2, 0.25) is 0 Å². The lowest BCUT2D eigenvalue weighted by molar-refractivity contribution is 0.451. The van der Waals surface area contributed by atoms with Crippen molar-refractivity contribution in [2.75, 3.05) is 4.90 Å². The van der Waals surface area contributed by atoms with E-state index in [1.54, 1.807) is 0 Å². The Hall–Kier alpha value is -5.09. The molecule has 3 aliphatic carbocycles. The Labute approximate surface area is 263 Å². The lowest BCUT2D eigenvalue weighted by atomic mass is 9.89. The van der Waals surface area contributed by atoms with Crippen molar-refractivity contribution in [1.29, 1.82) is 0 Å². The van der Waals surface area contributed by atoms with Gasteiger partial charge in [-0.2, -0.15) is 0 Å². The number of aromatic nitrogens is 2. The Balaban J connectivity index is 1.25. The van der Waals surface area contributed by atoms with Gasteiger partial charge in [-0.25, -0.2) is 4.98 Å². The second kappa shape index (κ2) is 10.5. The van der Waals surface area contributed by atoms with Crippen LogP contribution in [0, 0.1) is 11.8 Å². The van der Waals surface area contributed by atoms with Crippen molar-refractivity contribution in [2.24, 2.45) is 11.8 Å². The number of anilines is 1. The molecule has 0 saturated heterocycles. The van der Waals surface area contributed by atoms with E-state index < -0.39 is 0 Å². The smallest absolute Gasteiger partial charge is 0.227 e. The van der Waals surface area contributed by atoms with Crippen LogP contribution < -0.4 is 4.90 Å². The van der Waals surface area contributed by atoms with Crippen LogP contribution >= 0.6 is 0 Å². The minimum atomic E-state index is 0.265. The van der Waals surface area contributed by atoms with Crippen molar-refractivity contribution in [3.8, 4) is 17.1 Å². The molecular formula is C41H35N3O. The number of benzene rings is 3. The van der Waals surface area contributed by atoms with Gasteiger partial charge in [0.25, 0.3) is 0 Å². The number of hydrogen-bond acceptors (Lipinski definition) is 3. The Bertz CT molecular complexity index is 2120. The van der Waals surface area contributed by atoms with Crippen molar-refractivity contribution in [2.45, 2.75) is 38.3 Å². The van der Waals surface area contributed by atoms with Gasteiger partial charge in [0.2, 0.25) is 5.89 Å². The largest absolute Gasteiger partial charge is 0.436 e. The predicted octanol–water partition coefficient (Wildman–Crippen LogP) is 9.86. The van der Waals surface area contributed by atoms with Gasteiger partial charge in [-0.1, -0.05) is 98.0 Å². The maximum Gasteiger partial charge on any atom is 0.227 e. The van der Waals surface area contributed by atoms with E-state index in [-0.39, 0.29) is 6.04 Å². The summed E-state index contributed by atoms with van der Waals surface area (Å²) in [6.45, 7) is 2.39. The molecule has 0 spiro atoms. The third-order valence-corrected chi connectivity index (χ3v) is 9.95. The molecule has 4 heteroatoms. The Kier molecular flexibility index (Phi) is 6.15. The van der Waals surface area contributed by atoms with E-state index in [1.165, 1.54) is 33.4 Å². The zero-order valence-electron chi connectivity index (χ0n) is 25.4. The van der Waals surface area contributed by atoms with Gasteiger partial charge >= 0.3 is 0 Å². The number of hydrogen-bond donors (Lipinski definition) is 0. The van der Waals surface area contributed by atoms with Crippen LogP contribution in [-0.2, 0) is 6.42 Å². The summed E-state index contributed by atoms with van der Waals surface area (Å²) in [7, 11) is 0. The summed E-state index contributed by atoms with van der Waals surface area (Å²) in [5.41, 5.74) is 10.3. The van der Waals surface area contributed by atoms with E-state index in [1.807, 2.05) is 24.3 Å². The van der Waals surface area contributed by atoms with Gasteiger partial charge < -0.3 is 13.9 Å². The molecule has 5 aromatic rings.